The van der Waals surface area contributed by atoms with E-state index >= 15 is 0 Å². The van der Waals surface area contributed by atoms with Gasteiger partial charge in [0, 0.05) is 35.6 Å². The number of esters is 2. The molecule has 14 heavy (non-hydrogen) atoms. The maximum absolute atomic E-state index is 11.1. The van der Waals surface area contributed by atoms with E-state index in [0.29, 0.717) is 5.56 Å². The van der Waals surface area contributed by atoms with Gasteiger partial charge in [0.1, 0.15) is 0 Å². The Morgan fingerprint density at radius 2 is 1.79 bits per heavy atom. The van der Waals surface area contributed by atoms with Crippen molar-refractivity contribution in [2.45, 2.75) is 0 Å². The molecule has 0 aliphatic heterocycles. The largest absolute Gasteiger partial charge is 0.386 e. The minimum absolute atomic E-state index is 0. The van der Waals surface area contributed by atoms with Gasteiger partial charge in [0.15, 0.2) is 0 Å². The van der Waals surface area contributed by atoms with Crippen molar-refractivity contribution in [2.24, 2.45) is 0 Å². The summed E-state index contributed by atoms with van der Waals surface area (Å²) in [6, 6.07) is 8.29. The summed E-state index contributed by atoms with van der Waals surface area (Å²) in [4.78, 5) is 21.8. The van der Waals surface area contributed by atoms with Crippen LogP contribution in [-0.4, -0.2) is 41.5 Å². The predicted octanol–water partition coefficient (Wildman–Crippen LogP) is 1.18. The number of hydrogen-bond acceptors (Lipinski definition) is 3. The molecule has 0 saturated carbocycles. The Morgan fingerprint density at radius 1 is 1.21 bits per heavy atom. The Bertz CT molecular complexity index is 332. The van der Waals surface area contributed by atoms with E-state index in [0.717, 1.165) is 6.08 Å². The van der Waals surface area contributed by atoms with Crippen LogP contribution in [0.1, 0.15) is 10.4 Å². The summed E-state index contributed by atoms with van der Waals surface area (Å²) in [7, 11) is 0. The van der Waals surface area contributed by atoms with Gasteiger partial charge in [-0.1, -0.05) is 24.8 Å². The quantitative estimate of drug-likeness (QED) is 0.311. The molecule has 0 amide bonds. The average Bonchev–Trinajstić information content (AvgIpc) is 2.19. The van der Waals surface area contributed by atoms with Gasteiger partial charge in [0.05, 0.1) is 5.56 Å². The first-order valence-corrected chi connectivity index (χ1v) is 3.67. The standard InChI is InChI=1S/C10H8O3.Na/c1-2-9(11)13-10(12)8-6-4-3-5-7-8;/h2-7H,1H2;. The monoisotopic (exact) mass is 199 g/mol. The third-order valence-corrected chi connectivity index (χ3v) is 1.37. The fourth-order valence-corrected chi connectivity index (χ4v) is 0.766. The van der Waals surface area contributed by atoms with E-state index < -0.39 is 11.9 Å². The first-order chi connectivity index (χ1) is 6.24. The van der Waals surface area contributed by atoms with E-state index in [4.69, 9.17) is 0 Å². The fourth-order valence-electron chi connectivity index (χ4n) is 0.766. The molecule has 4 heteroatoms. The molecule has 0 aliphatic rings. The molecule has 67 valence electrons. The SMILES string of the molecule is C=CC(=O)OC(=O)c1ccccc1.[Na]. The second-order valence-electron chi connectivity index (χ2n) is 2.28. The van der Waals surface area contributed by atoms with Gasteiger partial charge in [-0.25, -0.2) is 9.59 Å². The van der Waals surface area contributed by atoms with Crippen molar-refractivity contribution in [3.8, 4) is 0 Å². The molecule has 1 aromatic carbocycles. The number of hydrogen-bond donors (Lipinski definition) is 0. The van der Waals surface area contributed by atoms with Gasteiger partial charge in [0.25, 0.3) is 0 Å². The van der Waals surface area contributed by atoms with E-state index in [2.05, 4.69) is 11.3 Å². The molecule has 0 saturated heterocycles. The van der Waals surface area contributed by atoms with E-state index in [9.17, 15) is 9.59 Å². The number of rotatable bonds is 2. The zero-order chi connectivity index (χ0) is 9.68. The first kappa shape index (κ1) is 13.1. The number of ether oxygens (including phenoxy) is 1. The number of carbonyl (C=O) groups is 2. The van der Waals surface area contributed by atoms with Gasteiger partial charge >= 0.3 is 11.9 Å². The minimum Gasteiger partial charge on any atom is -0.386 e. The van der Waals surface area contributed by atoms with Crippen molar-refractivity contribution < 1.29 is 14.3 Å². The summed E-state index contributed by atoms with van der Waals surface area (Å²) in [5.41, 5.74) is 0.345. The van der Waals surface area contributed by atoms with Gasteiger partial charge < -0.3 is 4.74 Å². The second-order valence-corrected chi connectivity index (χ2v) is 2.28. The molecule has 0 fully saturated rings. The van der Waals surface area contributed by atoms with Gasteiger partial charge in [0.2, 0.25) is 0 Å². The molecule has 0 aromatic heterocycles. The molecule has 1 aromatic rings. The van der Waals surface area contributed by atoms with Crippen molar-refractivity contribution in [3.63, 3.8) is 0 Å². The Labute approximate surface area is 104 Å². The average molecular weight is 199 g/mol. The Hall–Kier alpha value is -0.900. The number of carbonyl (C=O) groups excluding carboxylic acids is 2. The van der Waals surface area contributed by atoms with Crippen LogP contribution in [0.5, 0.6) is 0 Å². The van der Waals surface area contributed by atoms with Gasteiger partial charge in [-0.2, -0.15) is 0 Å². The van der Waals surface area contributed by atoms with Crippen LogP contribution in [0.15, 0.2) is 43.0 Å². The van der Waals surface area contributed by atoms with Crippen LogP contribution in [0.25, 0.3) is 0 Å². The maximum Gasteiger partial charge on any atom is 0.346 e. The Kier molecular flexibility index (Phi) is 6.12. The molecule has 3 nitrogen and oxygen atoms in total. The second kappa shape index (κ2) is 6.54. The summed E-state index contributed by atoms with van der Waals surface area (Å²) in [6.45, 7) is 3.18. The summed E-state index contributed by atoms with van der Waals surface area (Å²) in [6.07, 6.45) is 0.945. The van der Waals surface area contributed by atoms with Gasteiger partial charge in [-0.3, -0.25) is 0 Å². The third-order valence-electron chi connectivity index (χ3n) is 1.37. The molecule has 0 aliphatic carbocycles. The Morgan fingerprint density at radius 3 is 2.29 bits per heavy atom. The minimum atomic E-state index is -0.742. The van der Waals surface area contributed by atoms with Gasteiger partial charge in [-0.05, 0) is 12.1 Å². The Balaban J connectivity index is 0.00000169. The topological polar surface area (TPSA) is 43.4 Å². The zero-order valence-electron chi connectivity index (χ0n) is 7.90. The summed E-state index contributed by atoms with van der Waals surface area (Å²) in [5, 5.41) is 0. The zero-order valence-corrected chi connectivity index (χ0v) is 9.90. The van der Waals surface area contributed by atoms with Crippen LogP contribution < -0.4 is 0 Å². The molecule has 0 spiro atoms. The molecule has 0 heterocycles. The molecule has 1 rings (SSSR count). The van der Waals surface area contributed by atoms with Crippen molar-refractivity contribution in [2.75, 3.05) is 0 Å². The summed E-state index contributed by atoms with van der Waals surface area (Å²) >= 11 is 0. The van der Waals surface area contributed by atoms with Crippen LogP contribution in [0.2, 0.25) is 0 Å². The maximum atomic E-state index is 11.1. The van der Waals surface area contributed by atoms with Crippen molar-refractivity contribution in [1.29, 1.82) is 0 Å². The van der Waals surface area contributed by atoms with Crippen LogP contribution in [0, 0.1) is 0 Å². The smallest absolute Gasteiger partial charge is 0.346 e. The molecular weight excluding hydrogens is 191 g/mol. The van der Waals surface area contributed by atoms with Crippen LogP contribution in [-0.2, 0) is 9.53 Å². The van der Waals surface area contributed by atoms with Crippen LogP contribution in [0.4, 0.5) is 0 Å². The first-order valence-electron chi connectivity index (χ1n) is 3.67. The molecular formula is C10H8NaO3. The molecule has 0 bridgehead atoms. The summed E-state index contributed by atoms with van der Waals surface area (Å²) in [5.74, 6) is -1.40. The van der Waals surface area contributed by atoms with E-state index in [-0.39, 0.29) is 29.6 Å². The predicted molar refractivity (Wildman–Crippen MR) is 52.8 cm³/mol. The van der Waals surface area contributed by atoms with E-state index in [1.165, 1.54) is 0 Å². The van der Waals surface area contributed by atoms with Crippen molar-refractivity contribution in [3.05, 3.63) is 48.6 Å². The van der Waals surface area contributed by atoms with Crippen LogP contribution >= 0.6 is 0 Å². The van der Waals surface area contributed by atoms with Crippen molar-refractivity contribution in [1.82, 2.24) is 0 Å². The number of benzene rings is 1. The molecule has 1 radical (unpaired) electrons. The van der Waals surface area contributed by atoms with E-state index in [1.807, 2.05) is 0 Å². The molecule has 0 N–H and O–H groups in total. The fraction of sp³-hybridized carbons (Fsp3) is 0. The molecule has 0 unspecified atom stereocenters. The van der Waals surface area contributed by atoms with Crippen LogP contribution in [0.3, 0.4) is 0 Å². The third kappa shape index (κ3) is 3.87. The van der Waals surface area contributed by atoms with E-state index in [1.54, 1.807) is 30.3 Å². The summed E-state index contributed by atoms with van der Waals surface area (Å²) < 4.78 is 4.39. The van der Waals surface area contributed by atoms with Crippen molar-refractivity contribution >= 4 is 41.5 Å². The van der Waals surface area contributed by atoms with Gasteiger partial charge in [-0.15, -0.1) is 0 Å². The normalized spacial score (nSPS) is 8.29. The molecule has 0 atom stereocenters.